The zero-order valence-corrected chi connectivity index (χ0v) is 10.3. The summed E-state index contributed by atoms with van der Waals surface area (Å²) in [6.45, 7) is 0. The number of sulfone groups is 1. The average molecular weight is 246 g/mol. The first-order valence-electron chi connectivity index (χ1n) is 5.74. The number of hydrogen-bond acceptors (Lipinski definition) is 3. The Morgan fingerprint density at radius 2 is 1.62 bits per heavy atom. The zero-order chi connectivity index (χ0) is 12.0. The molecule has 0 radical (unpaired) electrons. The molecule has 4 nitrogen and oxygen atoms in total. The topological polar surface area (TPSA) is 71.4 Å². The van der Waals surface area contributed by atoms with Gasteiger partial charge in [0.1, 0.15) is 0 Å². The Bertz CT molecular complexity index is 396. The van der Waals surface area contributed by atoms with Crippen LogP contribution in [0, 0.1) is 5.41 Å². The zero-order valence-electron chi connectivity index (χ0n) is 9.53. The van der Waals surface area contributed by atoms with Gasteiger partial charge >= 0.3 is 5.97 Å². The fourth-order valence-electron chi connectivity index (χ4n) is 3.39. The van der Waals surface area contributed by atoms with Gasteiger partial charge in [0.2, 0.25) is 0 Å². The van der Waals surface area contributed by atoms with Gasteiger partial charge < -0.3 is 5.11 Å². The predicted octanol–water partition coefficient (Wildman–Crippen LogP) is 1.60. The Kier molecular flexibility index (Phi) is 2.57. The largest absolute Gasteiger partial charge is 0.480 e. The minimum absolute atomic E-state index is 0.0136. The van der Waals surface area contributed by atoms with Crippen LogP contribution >= 0.6 is 0 Å². The molecule has 2 aliphatic rings. The number of carbonyl (C=O) groups is 1. The lowest BCUT2D eigenvalue weighted by atomic mass is 9.55. The highest BCUT2D eigenvalue weighted by atomic mass is 32.2. The summed E-state index contributed by atoms with van der Waals surface area (Å²) in [5.74, 6) is -1.16. The van der Waals surface area contributed by atoms with Gasteiger partial charge in [0.15, 0.2) is 14.6 Å². The molecule has 0 aromatic rings. The maximum Gasteiger partial charge on any atom is 0.325 e. The molecule has 2 fully saturated rings. The van der Waals surface area contributed by atoms with Crippen molar-refractivity contribution in [1.29, 1.82) is 0 Å². The van der Waals surface area contributed by atoms with Gasteiger partial charge in [0.25, 0.3) is 0 Å². The summed E-state index contributed by atoms with van der Waals surface area (Å²) in [5.41, 5.74) is 0.0136. The van der Waals surface area contributed by atoms with Crippen molar-refractivity contribution in [1.82, 2.24) is 0 Å². The molecule has 2 aliphatic carbocycles. The molecule has 0 amide bonds. The molecule has 1 spiro atoms. The Morgan fingerprint density at radius 1 is 1.12 bits per heavy atom. The maximum absolute atomic E-state index is 11.6. The summed E-state index contributed by atoms with van der Waals surface area (Å²) in [5, 5.41) is 9.15. The van der Waals surface area contributed by atoms with Crippen molar-refractivity contribution in [2.75, 3.05) is 6.26 Å². The molecule has 92 valence electrons. The molecule has 0 aromatic carbocycles. The van der Waals surface area contributed by atoms with E-state index < -0.39 is 20.6 Å². The van der Waals surface area contributed by atoms with Crippen molar-refractivity contribution in [2.24, 2.45) is 5.41 Å². The first-order valence-corrected chi connectivity index (χ1v) is 7.64. The van der Waals surface area contributed by atoms with Crippen LogP contribution < -0.4 is 0 Å². The van der Waals surface area contributed by atoms with Crippen LogP contribution in [0.3, 0.4) is 0 Å². The summed E-state index contributed by atoms with van der Waals surface area (Å²) in [4.78, 5) is 11.2. The van der Waals surface area contributed by atoms with Gasteiger partial charge in [-0.2, -0.15) is 0 Å². The molecule has 0 unspecified atom stereocenters. The number of carboxylic acid groups (broad SMARTS) is 1. The molecule has 0 aliphatic heterocycles. The molecule has 0 aromatic heterocycles. The van der Waals surface area contributed by atoms with Gasteiger partial charge in [-0.05, 0) is 31.1 Å². The molecule has 1 N–H and O–H groups in total. The van der Waals surface area contributed by atoms with Crippen molar-refractivity contribution in [2.45, 2.75) is 49.7 Å². The highest BCUT2D eigenvalue weighted by Crippen LogP contribution is 2.59. The van der Waals surface area contributed by atoms with Crippen LogP contribution in [-0.2, 0) is 14.6 Å². The van der Waals surface area contributed by atoms with Crippen LogP contribution in [0.2, 0.25) is 0 Å². The van der Waals surface area contributed by atoms with E-state index in [0.29, 0.717) is 12.8 Å². The highest BCUT2D eigenvalue weighted by molar-refractivity contribution is 7.93. The number of carboxylic acids is 1. The maximum atomic E-state index is 11.6. The lowest BCUT2D eigenvalue weighted by Crippen LogP contribution is -2.61. The van der Waals surface area contributed by atoms with E-state index in [-0.39, 0.29) is 5.41 Å². The molecular formula is C11H18O4S. The van der Waals surface area contributed by atoms with Crippen molar-refractivity contribution in [3.8, 4) is 0 Å². The quantitative estimate of drug-likeness (QED) is 0.803. The van der Waals surface area contributed by atoms with E-state index in [4.69, 9.17) is 5.11 Å². The first kappa shape index (κ1) is 11.9. The Labute approximate surface area is 96.0 Å². The standard InChI is InChI=1S/C11H18O4S/c1-16(14,15)11(9(12)13)7-10(8-11)5-3-2-4-6-10/h2-8H2,1H3,(H,12,13). The monoisotopic (exact) mass is 246 g/mol. The van der Waals surface area contributed by atoms with Gasteiger partial charge in [-0.25, -0.2) is 8.42 Å². The summed E-state index contributed by atoms with van der Waals surface area (Å²) in [6.07, 6.45) is 7.12. The van der Waals surface area contributed by atoms with Gasteiger partial charge in [0, 0.05) is 6.26 Å². The van der Waals surface area contributed by atoms with E-state index in [1.165, 1.54) is 6.42 Å². The third-order valence-corrected chi connectivity index (χ3v) is 6.22. The third kappa shape index (κ3) is 1.56. The SMILES string of the molecule is CS(=O)(=O)C1(C(=O)O)CC2(CCCCC2)C1. The highest BCUT2D eigenvalue weighted by Gasteiger charge is 2.64. The fourth-order valence-corrected chi connectivity index (χ4v) is 4.84. The molecule has 16 heavy (non-hydrogen) atoms. The Hall–Kier alpha value is -0.580. The van der Waals surface area contributed by atoms with Crippen molar-refractivity contribution >= 4 is 15.8 Å². The van der Waals surface area contributed by atoms with E-state index >= 15 is 0 Å². The second kappa shape index (κ2) is 3.45. The summed E-state index contributed by atoms with van der Waals surface area (Å²) < 4.78 is 21.8. The Balaban J connectivity index is 2.21. The van der Waals surface area contributed by atoms with E-state index in [2.05, 4.69) is 0 Å². The molecule has 2 rings (SSSR count). The molecule has 5 heteroatoms. The minimum atomic E-state index is -3.50. The van der Waals surface area contributed by atoms with Crippen molar-refractivity contribution in [3.05, 3.63) is 0 Å². The number of hydrogen-bond donors (Lipinski definition) is 1. The van der Waals surface area contributed by atoms with Crippen LogP contribution in [0.1, 0.15) is 44.9 Å². The van der Waals surface area contributed by atoms with Gasteiger partial charge in [-0.3, -0.25) is 4.79 Å². The normalized spacial score (nSPS) is 27.3. The van der Waals surface area contributed by atoms with Crippen LogP contribution in [0.5, 0.6) is 0 Å². The van der Waals surface area contributed by atoms with Gasteiger partial charge in [-0.1, -0.05) is 19.3 Å². The molecule has 2 saturated carbocycles. The van der Waals surface area contributed by atoms with E-state index in [0.717, 1.165) is 31.9 Å². The average Bonchev–Trinajstić information content (AvgIpc) is 2.12. The lowest BCUT2D eigenvalue weighted by Gasteiger charge is -2.54. The van der Waals surface area contributed by atoms with Gasteiger partial charge in [-0.15, -0.1) is 0 Å². The van der Waals surface area contributed by atoms with Crippen LogP contribution in [0.15, 0.2) is 0 Å². The van der Waals surface area contributed by atoms with Gasteiger partial charge in [0.05, 0.1) is 0 Å². The number of aliphatic carboxylic acids is 1. The van der Waals surface area contributed by atoms with Crippen molar-refractivity contribution in [3.63, 3.8) is 0 Å². The second-order valence-corrected chi connectivity index (χ2v) is 7.81. The second-order valence-electron chi connectivity index (χ2n) is 5.49. The number of rotatable bonds is 2. The van der Waals surface area contributed by atoms with Crippen molar-refractivity contribution < 1.29 is 18.3 Å². The molecule has 0 bridgehead atoms. The lowest BCUT2D eigenvalue weighted by molar-refractivity contribution is -0.148. The summed E-state index contributed by atoms with van der Waals surface area (Å²) in [6, 6.07) is 0. The van der Waals surface area contributed by atoms with E-state index in [1.807, 2.05) is 0 Å². The smallest absolute Gasteiger partial charge is 0.325 e. The van der Waals surface area contributed by atoms with Crippen LogP contribution in [0.25, 0.3) is 0 Å². The molecule has 0 saturated heterocycles. The van der Waals surface area contributed by atoms with E-state index in [1.54, 1.807) is 0 Å². The molecule has 0 atom stereocenters. The molecular weight excluding hydrogens is 228 g/mol. The minimum Gasteiger partial charge on any atom is -0.480 e. The summed E-state index contributed by atoms with van der Waals surface area (Å²) in [7, 11) is -3.50. The molecule has 0 heterocycles. The summed E-state index contributed by atoms with van der Waals surface area (Å²) >= 11 is 0. The van der Waals surface area contributed by atoms with E-state index in [9.17, 15) is 13.2 Å². The Morgan fingerprint density at radius 3 is 2.00 bits per heavy atom. The van der Waals surface area contributed by atoms with Crippen LogP contribution in [0.4, 0.5) is 0 Å². The third-order valence-electron chi connectivity index (χ3n) is 4.33. The fraction of sp³-hybridized carbons (Fsp3) is 0.909. The predicted molar refractivity (Wildman–Crippen MR) is 60.0 cm³/mol. The first-order chi connectivity index (χ1) is 7.31. The van der Waals surface area contributed by atoms with Crippen LogP contribution in [-0.4, -0.2) is 30.5 Å².